The van der Waals surface area contributed by atoms with Crippen molar-refractivity contribution in [2.24, 2.45) is 7.05 Å². The average Bonchev–Trinajstić information content (AvgIpc) is 3.41. The summed E-state index contributed by atoms with van der Waals surface area (Å²) in [4.78, 5) is 55.7. The Bertz CT molecular complexity index is 1620. The molecule has 3 aromatic rings. The summed E-state index contributed by atoms with van der Waals surface area (Å²) < 4.78 is 30.0. The zero-order valence-corrected chi connectivity index (χ0v) is 23.7. The van der Waals surface area contributed by atoms with Crippen LogP contribution in [0.5, 0.6) is 5.75 Å². The number of carbonyl (C=O) groups is 3. The number of benzene rings is 1. The Morgan fingerprint density at radius 1 is 1.07 bits per heavy atom. The third kappa shape index (κ3) is 6.57. The van der Waals surface area contributed by atoms with E-state index in [-0.39, 0.29) is 24.2 Å². The van der Waals surface area contributed by atoms with E-state index < -0.39 is 76.8 Å². The summed E-state index contributed by atoms with van der Waals surface area (Å²) >= 11 is 0. The van der Waals surface area contributed by atoms with E-state index >= 15 is 0 Å². The largest absolute Gasteiger partial charge is 0.479 e. The molecule has 1 aliphatic heterocycles. The lowest BCUT2D eigenvalue weighted by molar-refractivity contribution is -0.271. The van der Waals surface area contributed by atoms with Crippen molar-refractivity contribution in [1.29, 1.82) is 0 Å². The number of aromatic nitrogens is 4. The second kappa shape index (κ2) is 12.4. The van der Waals surface area contributed by atoms with Gasteiger partial charge >= 0.3 is 17.8 Å². The number of carboxylic acid groups (broad SMARTS) is 1. The Morgan fingerprint density at radius 3 is 2.32 bits per heavy atom. The molecule has 0 bridgehead atoms. The fraction of sp³-hybridized carbons (Fsp3) is 0.423. The lowest BCUT2D eigenvalue weighted by Gasteiger charge is -2.38. The lowest BCUT2D eigenvalue weighted by Crippen LogP contribution is -2.61. The van der Waals surface area contributed by atoms with E-state index in [1.54, 1.807) is 0 Å². The average molecular weight is 621 g/mol. The number of aliphatic carboxylic acids is 1. The van der Waals surface area contributed by atoms with Gasteiger partial charge < -0.3 is 45.0 Å². The summed E-state index contributed by atoms with van der Waals surface area (Å²) in [6, 6.07) is 5.14. The molecule has 0 radical (unpaired) electrons. The minimum atomic E-state index is -2.07. The molecule has 1 fully saturated rings. The van der Waals surface area contributed by atoms with Crippen LogP contribution in [-0.2, 0) is 28.7 Å². The number of nitrogens with zero attached hydrogens (tertiary/aromatic N) is 4. The van der Waals surface area contributed by atoms with E-state index in [4.69, 9.17) is 13.9 Å². The molecule has 2 amide bonds. The molecule has 4 rings (SSSR count). The highest BCUT2D eigenvalue weighted by molar-refractivity contribution is 5.95. The predicted octanol–water partition coefficient (Wildman–Crippen LogP) is -1.52. The second-order valence-electron chi connectivity index (χ2n) is 10.3. The summed E-state index contributed by atoms with van der Waals surface area (Å²) in [5, 5.41) is 52.3. The summed E-state index contributed by atoms with van der Waals surface area (Å²) in [7, 11) is 1.24. The Balaban J connectivity index is 1.74. The van der Waals surface area contributed by atoms with Gasteiger partial charge in [0.2, 0.25) is 17.9 Å². The van der Waals surface area contributed by atoms with Crippen LogP contribution in [0.15, 0.2) is 33.5 Å². The molecule has 1 aliphatic rings. The van der Waals surface area contributed by atoms with Crippen LogP contribution in [0.25, 0.3) is 0 Å². The van der Waals surface area contributed by atoms with Gasteiger partial charge in [-0.25, -0.2) is 14.2 Å². The molecule has 44 heavy (non-hydrogen) atoms. The van der Waals surface area contributed by atoms with Crippen molar-refractivity contribution in [1.82, 2.24) is 30.4 Å². The molecule has 0 aliphatic carbocycles. The zero-order chi connectivity index (χ0) is 32.5. The number of nitrogens with one attached hydrogen (secondary N) is 2. The topological polar surface area (TPSA) is 248 Å². The molecule has 3 heterocycles. The quantitative estimate of drug-likeness (QED) is 0.159. The van der Waals surface area contributed by atoms with Crippen molar-refractivity contribution in [3.63, 3.8) is 0 Å². The second-order valence-corrected chi connectivity index (χ2v) is 10.3. The van der Waals surface area contributed by atoms with Crippen molar-refractivity contribution in [2.75, 3.05) is 0 Å². The number of aliphatic hydroxyl groups is 3. The number of aliphatic hydroxyl groups excluding tert-OH is 3. The number of carboxylic acids is 1. The summed E-state index contributed by atoms with van der Waals surface area (Å²) in [6.45, 7) is 4.23. The number of carbonyl (C=O) groups excluding carboxylic acids is 2. The predicted molar refractivity (Wildman–Crippen MR) is 142 cm³/mol. The van der Waals surface area contributed by atoms with E-state index in [0.717, 1.165) is 4.57 Å². The van der Waals surface area contributed by atoms with Gasteiger partial charge in [-0.15, -0.1) is 10.2 Å². The molecule has 2 aromatic heterocycles. The molecule has 5 atom stereocenters. The number of ether oxygens (including phenoxy) is 2. The van der Waals surface area contributed by atoms with Crippen molar-refractivity contribution in [2.45, 2.75) is 63.6 Å². The Labute approximate surface area is 247 Å². The molecule has 0 spiro atoms. The van der Waals surface area contributed by atoms with Gasteiger partial charge in [0.1, 0.15) is 30.0 Å². The van der Waals surface area contributed by atoms with E-state index in [2.05, 4.69) is 25.8 Å². The lowest BCUT2D eigenvalue weighted by atomic mass is 9.99. The van der Waals surface area contributed by atoms with Gasteiger partial charge in [0.15, 0.2) is 11.8 Å². The van der Waals surface area contributed by atoms with Gasteiger partial charge in [0, 0.05) is 20.5 Å². The first kappa shape index (κ1) is 32.1. The SMILES string of the molecule is Cc1nnc(C(=O)NC(C)(C)c2nc(C(=O)NCc3ccc(F)cc3)c(OC3OC(C(=O)O)C(O)C(O)C3O)c(=O)n2C)o1. The van der Waals surface area contributed by atoms with Crippen molar-refractivity contribution in [3.05, 3.63) is 69.3 Å². The fourth-order valence-corrected chi connectivity index (χ4v) is 4.32. The normalized spacial score (nSPS) is 21.9. The van der Waals surface area contributed by atoms with Gasteiger partial charge in [-0.05, 0) is 31.5 Å². The zero-order valence-electron chi connectivity index (χ0n) is 23.7. The number of aryl methyl sites for hydroxylation is 1. The highest BCUT2D eigenvalue weighted by Gasteiger charge is 2.49. The van der Waals surface area contributed by atoms with Crippen molar-refractivity contribution in [3.8, 4) is 5.75 Å². The third-order valence-electron chi connectivity index (χ3n) is 6.58. The van der Waals surface area contributed by atoms with Gasteiger partial charge in [-0.3, -0.25) is 19.0 Å². The maximum absolute atomic E-state index is 13.6. The minimum absolute atomic E-state index is 0.120. The monoisotopic (exact) mass is 620 g/mol. The third-order valence-corrected chi connectivity index (χ3v) is 6.58. The maximum Gasteiger partial charge on any atom is 0.335 e. The van der Waals surface area contributed by atoms with E-state index in [0.29, 0.717) is 5.56 Å². The summed E-state index contributed by atoms with van der Waals surface area (Å²) in [5.74, 6) is -5.28. The molecule has 18 heteroatoms. The van der Waals surface area contributed by atoms with E-state index in [1.165, 1.54) is 52.1 Å². The fourth-order valence-electron chi connectivity index (χ4n) is 4.32. The first-order chi connectivity index (χ1) is 20.6. The molecular formula is C26H29FN6O11. The number of hydrogen-bond donors (Lipinski definition) is 6. The van der Waals surface area contributed by atoms with Crippen LogP contribution in [0.1, 0.15) is 52.3 Å². The Morgan fingerprint density at radius 2 is 1.73 bits per heavy atom. The first-order valence-corrected chi connectivity index (χ1v) is 13.0. The van der Waals surface area contributed by atoms with Crippen LogP contribution in [0, 0.1) is 12.7 Å². The van der Waals surface area contributed by atoms with E-state index in [9.17, 15) is 44.0 Å². The number of rotatable bonds is 9. The van der Waals surface area contributed by atoms with Crippen molar-refractivity contribution >= 4 is 17.8 Å². The smallest absolute Gasteiger partial charge is 0.335 e. The molecule has 5 unspecified atom stereocenters. The van der Waals surface area contributed by atoms with Gasteiger partial charge in [-0.2, -0.15) is 0 Å². The molecule has 17 nitrogen and oxygen atoms in total. The molecule has 0 saturated carbocycles. The molecular weight excluding hydrogens is 591 g/mol. The van der Waals surface area contributed by atoms with Crippen LogP contribution in [0.2, 0.25) is 0 Å². The highest BCUT2D eigenvalue weighted by atomic mass is 19.1. The number of hydrogen-bond acceptors (Lipinski definition) is 13. The van der Waals surface area contributed by atoms with Crippen LogP contribution in [0.3, 0.4) is 0 Å². The standard InChI is InChI=1S/C26H29FN6O11/c1-10-31-32-21(42-10)20(38)30-26(2,3)25-29-13(19(37)28-9-11-5-7-12(27)8-6-11)17(22(39)33(25)4)43-24-16(36)14(34)15(35)18(44-24)23(40)41/h5-8,14-16,18,24,34-36H,9H2,1-4H3,(H,28,37)(H,30,38)(H,40,41). The molecule has 1 saturated heterocycles. The molecule has 6 N–H and O–H groups in total. The Hall–Kier alpha value is -4.78. The van der Waals surface area contributed by atoms with Crippen molar-refractivity contribution < 1.29 is 53.1 Å². The summed E-state index contributed by atoms with van der Waals surface area (Å²) in [6.07, 6.45) is -10.3. The van der Waals surface area contributed by atoms with Crippen LogP contribution in [-0.4, -0.2) is 88.7 Å². The first-order valence-electron chi connectivity index (χ1n) is 13.0. The number of halogens is 1. The Kier molecular flexibility index (Phi) is 9.09. The minimum Gasteiger partial charge on any atom is -0.479 e. The maximum atomic E-state index is 13.6. The molecule has 1 aromatic carbocycles. The van der Waals surface area contributed by atoms with Gasteiger partial charge in [0.05, 0.1) is 5.54 Å². The number of amides is 2. The van der Waals surface area contributed by atoms with Gasteiger partial charge in [0.25, 0.3) is 11.5 Å². The van der Waals surface area contributed by atoms with E-state index in [1.807, 2.05) is 0 Å². The highest BCUT2D eigenvalue weighted by Crippen LogP contribution is 2.26. The van der Waals surface area contributed by atoms with Gasteiger partial charge in [-0.1, -0.05) is 12.1 Å². The molecule has 236 valence electrons. The van der Waals surface area contributed by atoms with Crippen LogP contribution >= 0.6 is 0 Å². The van der Waals surface area contributed by atoms with Crippen LogP contribution < -0.4 is 20.9 Å². The van der Waals surface area contributed by atoms with Crippen LogP contribution in [0.4, 0.5) is 4.39 Å². The summed E-state index contributed by atoms with van der Waals surface area (Å²) in [5.41, 5.74) is -2.72.